The standard InChI is InChI=1S/C12H12N2O2S/c15-12(16)11-6-7-13-14(11)8-9-17-10-4-2-1-3-5-10/h1-7H,8-9H2,(H,15,16). The molecule has 0 radical (unpaired) electrons. The van der Waals surface area contributed by atoms with E-state index in [-0.39, 0.29) is 5.69 Å². The molecule has 0 atom stereocenters. The molecule has 0 aliphatic carbocycles. The average Bonchev–Trinajstić information content (AvgIpc) is 2.79. The zero-order valence-electron chi connectivity index (χ0n) is 9.11. The first-order chi connectivity index (χ1) is 8.27. The van der Waals surface area contributed by atoms with Gasteiger partial charge in [-0.1, -0.05) is 18.2 Å². The van der Waals surface area contributed by atoms with Crippen molar-refractivity contribution < 1.29 is 9.90 Å². The fourth-order valence-corrected chi connectivity index (χ4v) is 2.31. The first-order valence-electron chi connectivity index (χ1n) is 5.20. The van der Waals surface area contributed by atoms with Crippen LogP contribution < -0.4 is 0 Å². The Hall–Kier alpha value is -1.75. The molecule has 0 saturated carbocycles. The number of benzene rings is 1. The number of aryl methyl sites for hydroxylation is 1. The van der Waals surface area contributed by atoms with Crippen molar-refractivity contribution in [1.82, 2.24) is 9.78 Å². The Bertz CT molecular complexity index is 496. The van der Waals surface area contributed by atoms with Gasteiger partial charge in [0.15, 0.2) is 0 Å². The van der Waals surface area contributed by atoms with Gasteiger partial charge in [0, 0.05) is 16.8 Å². The summed E-state index contributed by atoms with van der Waals surface area (Å²) in [5.74, 6) is -0.140. The number of hydrogen-bond donors (Lipinski definition) is 1. The lowest BCUT2D eigenvalue weighted by atomic mass is 10.4. The van der Waals surface area contributed by atoms with Crippen LogP contribution in [0.25, 0.3) is 0 Å². The summed E-state index contributed by atoms with van der Waals surface area (Å²) in [7, 11) is 0. The summed E-state index contributed by atoms with van der Waals surface area (Å²) in [5.41, 5.74) is 0.235. The van der Waals surface area contributed by atoms with E-state index in [9.17, 15) is 4.79 Å². The molecule has 17 heavy (non-hydrogen) atoms. The smallest absolute Gasteiger partial charge is 0.354 e. The predicted octanol–water partition coefficient (Wildman–Crippen LogP) is 2.37. The molecule has 1 aromatic heterocycles. The van der Waals surface area contributed by atoms with E-state index in [0.717, 1.165) is 5.75 Å². The second-order valence-electron chi connectivity index (χ2n) is 3.41. The molecule has 4 nitrogen and oxygen atoms in total. The van der Waals surface area contributed by atoms with Crippen LogP contribution in [0.2, 0.25) is 0 Å². The van der Waals surface area contributed by atoms with Gasteiger partial charge in [0.2, 0.25) is 0 Å². The van der Waals surface area contributed by atoms with E-state index in [1.54, 1.807) is 11.8 Å². The van der Waals surface area contributed by atoms with Crippen molar-refractivity contribution in [3.63, 3.8) is 0 Å². The summed E-state index contributed by atoms with van der Waals surface area (Å²) in [5, 5.41) is 12.9. The molecule has 0 aliphatic heterocycles. The molecule has 0 aliphatic rings. The molecule has 88 valence electrons. The highest BCUT2D eigenvalue weighted by Gasteiger charge is 2.09. The fourth-order valence-electron chi connectivity index (χ4n) is 1.46. The fraction of sp³-hybridized carbons (Fsp3) is 0.167. The minimum atomic E-state index is -0.938. The SMILES string of the molecule is O=C(O)c1ccnn1CCSc1ccccc1. The third-order valence-electron chi connectivity index (χ3n) is 2.25. The quantitative estimate of drug-likeness (QED) is 0.825. The minimum Gasteiger partial charge on any atom is -0.477 e. The van der Waals surface area contributed by atoms with Gasteiger partial charge in [-0.15, -0.1) is 11.8 Å². The lowest BCUT2D eigenvalue weighted by molar-refractivity contribution is 0.0683. The van der Waals surface area contributed by atoms with E-state index in [0.29, 0.717) is 6.54 Å². The normalized spacial score (nSPS) is 10.4. The molecular formula is C12H12N2O2S. The zero-order valence-corrected chi connectivity index (χ0v) is 9.93. The van der Waals surface area contributed by atoms with Gasteiger partial charge in [-0.05, 0) is 18.2 Å². The van der Waals surface area contributed by atoms with E-state index in [4.69, 9.17) is 5.11 Å². The van der Waals surface area contributed by atoms with Gasteiger partial charge >= 0.3 is 5.97 Å². The first-order valence-corrected chi connectivity index (χ1v) is 6.19. The van der Waals surface area contributed by atoms with Crippen LogP contribution in [0.1, 0.15) is 10.5 Å². The summed E-state index contributed by atoms with van der Waals surface area (Å²) in [4.78, 5) is 12.0. The Balaban J connectivity index is 1.90. The van der Waals surface area contributed by atoms with Crippen LogP contribution in [0.4, 0.5) is 0 Å². The highest BCUT2D eigenvalue weighted by molar-refractivity contribution is 7.99. The van der Waals surface area contributed by atoms with E-state index < -0.39 is 5.97 Å². The van der Waals surface area contributed by atoms with E-state index in [2.05, 4.69) is 5.10 Å². The number of rotatable bonds is 5. The number of aromatic nitrogens is 2. The largest absolute Gasteiger partial charge is 0.477 e. The molecule has 1 aromatic carbocycles. The van der Waals surface area contributed by atoms with Gasteiger partial charge < -0.3 is 5.11 Å². The lowest BCUT2D eigenvalue weighted by Crippen LogP contribution is -2.11. The molecule has 0 spiro atoms. The third-order valence-corrected chi connectivity index (χ3v) is 3.24. The topological polar surface area (TPSA) is 55.1 Å². The van der Waals surface area contributed by atoms with Crippen molar-refractivity contribution in [3.8, 4) is 0 Å². The van der Waals surface area contributed by atoms with E-state index >= 15 is 0 Å². The van der Waals surface area contributed by atoms with Gasteiger partial charge in [-0.25, -0.2) is 4.79 Å². The van der Waals surface area contributed by atoms with Crippen LogP contribution in [-0.4, -0.2) is 26.6 Å². The summed E-state index contributed by atoms with van der Waals surface area (Å²) in [6.45, 7) is 0.591. The maximum Gasteiger partial charge on any atom is 0.354 e. The van der Waals surface area contributed by atoms with Gasteiger partial charge in [-0.3, -0.25) is 4.68 Å². The Morgan fingerprint density at radius 1 is 1.29 bits per heavy atom. The average molecular weight is 248 g/mol. The van der Waals surface area contributed by atoms with Gasteiger partial charge in [-0.2, -0.15) is 5.10 Å². The second kappa shape index (κ2) is 5.54. The van der Waals surface area contributed by atoms with Crippen molar-refractivity contribution in [2.75, 3.05) is 5.75 Å². The molecule has 5 heteroatoms. The summed E-state index contributed by atoms with van der Waals surface area (Å²) in [6, 6.07) is 11.5. The van der Waals surface area contributed by atoms with E-state index in [1.807, 2.05) is 30.3 Å². The third kappa shape index (κ3) is 3.10. The van der Waals surface area contributed by atoms with Crippen molar-refractivity contribution in [1.29, 1.82) is 0 Å². The number of aromatic carboxylic acids is 1. The van der Waals surface area contributed by atoms with Crippen LogP contribution in [0, 0.1) is 0 Å². The highest BCUT2D eigenvalue weighted by Crippen LogP contribution is 2.17. The minimum absolute atomic E-state index is 0.235. The van der Waals surface area contributed by atoms with Crippen molar-refractivity contribution in [2.24, 2.45) is 0 Å². The Kier molecular flexibility index (Phi) is 3.82. The van der Waals surface area contributed by atoms with Crippen molar-refractivity contribution in [2.45, 2.75) is 11.4 Å². The number of thioether (sulfide) groups is 1. The summed E-state index contributed by atoms with van der Waals surface area (Å²) >= 11 is 1.69. The van der Waals surface area contributed by atoms with Crippen LogP contribution in [0.3, 0.4) is 0 Å². The van der Waals surface area contributed by atoms with Gasteiger partial charge in [0.1, 0.15) is 5.69 Å². The maximum atomic E-state index is 10.8. The molecule has 1 N–H and O–H groups in total. The second-order valence-corrected chi connectivity index (χ2v) is 4.57. The number of nitrogens with zero attached hydrogens (tertiary/aromatic N) is 2. The zero-order chi connectivity index (χ0) is 12.1. The Morgan fingerprint density at radius 2 is 2.06 bits per heavy atom. The van der Waals surface area contributed by atoms with Crippen LogP contribution >= 0.6 is 11.8 Å². The summed E-state index contributed by atoms with van der Waals surface area (Å²) in [6.07, 6.45) is 1.51. The number of carboxylic acid groups (broad SMARTS) is 1. The maximum absolute atomic E-state index is 10.8. The summed E-state index contributed by atoms with van der Waals surface area (Å²) < 4.78 is 1.51. The van der Waals surface area contributed by atoms with Gasteiger partial charge in [0.05, 0.1) is 6.54 Å². The molecule has 0 bridgehead atoms. The first kappa shape index (κ1) is 11.7. The van der Waals surface area contributed by atoms with Gasteiger partial charge in [0.25, 0.3) is 0 Å². The van der Waals surface area contributed by atoms with Crippen LogP contribution in [0.15, 0.2) is 47.5 Å². The Morgan fingerprint density at radius 3 is 2.76 bits per heavy atom. The monoisotopic (exact) mass is 248 g/mol. The van der Waals surface area contributed by atoms with Crippen LogP contribution in [0.5, 0.6) is 0 Å². The predicted molar refractivity (Wildman–Crippen MR) is 66.4 cm³/mol. The highest BCUT2D eigenvalue weighted by atomic mass is 32.2. The number of carboxylic acids is 1. The molecular weight excluding hydrogens is 236 g/mol. The van der Waals surface area contributed by atoms with Crippen molar-refractivity contribution in [3.05, 3.63) is 48.3 Å². The van der Waals surface area contributed by atoms with E-state index in [1.165, 1.54) is 21.8 Å². The molecule has 0 unspecified atom stereocenters. The number of carbonyl (C=O) groups is 1. The molecule has 0 saturated heterocycles. The molecule has 2 rings (SSSR count). The van der Waals surface area contributed by atoms with Crippen LogP contribution in [-0.2, 0) is 6.54 Å². The van der Waals surface area contributed by atoms with Crippen molar-refractivity contribution >= 4 is 17.7 Å². The Labute approximate surface area is 103 Å². The molecule has 0 amide bonds. The molecule has 0 fully saturated rings. The molecule has 1 heterocycles. The molecule has 2 aromatic rings. The number of hydrogen-bond acceptors (Lipinski definition) is 3. The lowest BCUT2D eigenvalue weighted by Gasteiger charge is -2.04.